The van der Waals surface area contributed by atoms with E-state index in [0.29, 0.717) is 0 Å². The average Bonchev–Trinajstić information content (AvgIpc) is 2.21. The van der Waals surface area contributed by atoms with Gasteiger partial charge in [0.2, 0.25) is 0 Å². The Kier molecular flexibility index (Phi) is 7.20. The second-order valence-corrected chi connectivity index (χ2v) is 4.04. The predicted molar refractivity (Wildman–Crippen MR) is 77.4 cm³/mol. The maximum Gasteiger partial charge on any atom is 0.0159 e. The monoisotopic (exact) mass is 242 g/mol. The van der Waals surface area contributed by atoms with Gasteiger partial charge in [-0.15, -0.1) is 0 Å². The van der Waals surface area contributed by atoms with Crippen molar-refractivity contribution in [2.75, 3.05) is 0 Å². The number of benzene rings is 1. The largest absolute Gasteiger partial charge is 0.175 e. The zero-order valence-electron chi connectivity index (χ0n) is 10.4. The Bertz CT molecular complexity index is 289. The molecule has 86 valence electrons. The molecule has 0 amide bonds. The van der Waals surface area contributed by atoms with Crippen LogP contribution >= 0.6 is 25.3 Å². The third kappa shape index (κ3) is 3.46. The topological polar surface area (TPSA) is 0 Å². The van der Waals surface area contributed by atoms with Gasteiger partial charge in [0.15, 0.2) is 0 Å². The summed E-state index contributed by atoms with van der Waals surface area (Å²) in [4.78, 5) is 0. The van der Waals surface area contributed by atoms with E-state index in [0.717, 1.165) is 11.5 Å². The first-order valence-electron chi connectivity index (χ1n) is 5.42. The standard InChI is InChI=1S/C11H16S2.C2H6/c1-7-4-8(2)11(6-13)9(3)10(7)5-12;1-2/h4,12-13H,5-6H2,1-3H3;1-2H3. The Morgan fingerprint density at radius 3 is 1.47 bits per heavy atom. The van der Waals surface area contributed by atoms with Gasteiger partial charge in [-0.2, -0.15) is 25.3 Å². The van der Waals surface area contributed by atoms with Crippen molar-refractivity contribution >= 4 is 25.3 Å². The Hall–Kier alpha value is -0.0800. The molecule has 0 aliphatic carbocycles. The number of rotatable bonds is 2. The Morgan fingerprint density at radius 2 is 1.20 bits per heavy atom. The molecular formula is C13H22S2. The molecule has 0 atom stereocenters. The van der Waals surface area contributed by atoms with Crippen LogP contribution in [0.1, 0.15) is 41.7 Å². The van der Waals surface area contributed by atoms with Crippen molar-refractivity contribution in [2.45, 2.75) is 46.1 Å². The lowest BCUT2D eigenvalue weighted by Gasteiger charge is -2.14. The second-order valence-electron chi connectivity index (χ2n) is 3.41. The van der Waals surface area contributed by atoms with E-state index in [9.17, 15) is 0 Å². The van der Waals surface area contributed by atoms with Gasteiger partial charge in [0, 0.05) is 11.5 Å². The summed E-state index contributed by atoms with van der Waals surface area (Å²) in [5.41, 5.74) is 6.77. The lowest BCUT2D eigenvalue weighted by Crippen LogP contribution is -1.98. The highest BCUT2D eigenvalue weighted by Gasteiger charge is 2.07. The van der Waals surface area contributed by atoms with Crippen LogP contribution in [0.5, 0.6) is 0 Å². The van der Waals surface area contributed by atoms with Gasteiger partial charge >= 0.3 is 0 Å². The fraction of sp³-hybridized carbons (Fsp3) is 0.538. The van der Waals surface area contributed by atoms with Gasteiger partial charge in [0.05, 0.1) is 0 Å². The van der Waals surface area contributed by atoms with Crippen LogP contribution in [0.15, 0.2) is 6.07 Å². The van der Waals surface area contributed by atoms with Crippen LogP contribution in [0.2, 0.25) is 0 Å². The molecule has 0 bridgehead atoms. The summed E-state index contributed by atoms with van der Waals surface area (Å²) in [7, 11) is 0. The Balaban J connectivity index is 0.000000921. The summed E-state index contributed by atoms with van der Waals surface area (Å²) >= 11 is 8.69. The summed E-state index contributed by atoms with van der Waals surface area (Å²) < 4.78 is 0. The van der Waals surface area contributed by atoms with Crippen LogP contribution in [-0.2, 0) is 11.5 Å². The molecule has 1 aromatic rings. The molecule has 0 saturated carbocycles. The normalized spacial score (nSPS) is 9.53. The molecule has 0 fully saturated rings. The predicted octanol–water partition coefficient (Wildman–Crippen LogP) is 4.50. The molecule has 0 heterocycles. The fourth-order valence-corrected chi connectivity index (χ4v) is 2.73. The highest BCUT2D eigenvalue weighted by molar-refractivity contribution is 7.79. The minimum absolute atomic E-state index is 0.818. The maximum absolute atomic E-state index is 4.34. The van der Waals surface area contributed by atoms with E-state index >= 15 is 0 Å². The maximum atomic E-state index is 4.34. The SMILES string of the molecule is CC.Cc1cc(C)c(CS)c(C)c1CS. The van der Waals surface area contributed by atoms with Crippen molar-refractivity contribution < 1.29 is 0 Å². The lowest BCUT2D eigenvalue weighted by atomic mass is 9.95. The van der Waals surface area contributed by atoms with Crippen molar-refractivity contribution in [3.05, 3.63) is 33.9 Å². The number of hydrogen-bond acceptors (Lipinski definition) is 2. The minimum Gasteiger partial charge on any atom is -0.175 e. The van der Waals surface area contributed by atoms with Crippen LogP contribution < -0.4 is 0 Å². The summed E-state index contributed by atoms with van der Waals surface area (Å²) in [5, 5.41) is 0. The molecule has 15 heavy (non-hydrogen) atoms. The first kappa shape index (κ1) is 14.9. The van der Waals surface area contributed by atoms with Crippen molar-refractivity contribution in [1.29, 1.82) is 0 Å². The van der Waals surface area contributed by atoms with E-state index in [1.807, 2.05) is 13.8 Å². The average molecular weight is 242 g/mol. The van der Waals surface area contributed by atoms with Gasteiger partial charge in [-0.3, -0.25) is 0 Å². The summed E-state index contributed by atoms with van der Waals surface area (Å²) in [6, 6.07) is 2.23. The van der Waals surface area contributed by atoms with Crippen molar-refractivity contribution in [1.82, 2.24) is 0 Å². The van der Waals surface area contributed by atoms with Gasteiger partial charge < -0.3 is 0 Å². The molecule has 0 aromatic heterocycles. The van der Waals surface area contributed by atoms with Gasteiger partial charge in [0.1, 0.15) is 0 Å². The molecule has 1 aromatic carbocycles. The second kappa shape index (κ2) is 7.24. The molecular weight excluding hydrogens is 220 g/mol. The fourth-order valence-electron chi connectivity index (χ4n) is 1.76. The van der Waals surface area contributed by atoms with Crippen molar-refractivity contribution in [3.8, 4) is 0 Å². The quantitative estimate of drug-likeness (QED) is 0.701. The molecule has 0 aliphatic heterocycles. The van der Waals surface area contributed by atoms with Crippen LogP contribution in [0, 0.1) is 20.8 Å². The first-order valence-corrected chi connectivity index (χ1v) is 6.68. The Morgan fingerprint density at radius 1 is 0.867 bits per heavy atom. The summed E-state index contributed by atoms with van der Waals surface area (Å²) in [6.45, 7) is 10.5. The zero-order chi connectivity index (χ0) is 12.0. The van der Waals surface area contributed by atoms with Gasteiger partial charge in [-0.1, -0.05) is 19.9 Å². The minimum atomic E-state index is 0.818. The molecule has 0 unspecified atom stereocenters. The zero-order valence-corrected chi connectivity index (χ0v) is 12.2. The van der Waals surface area contributed by atoms with Gasteiger partial charge in [-0.05, 0) is 48.6 Å². The number of aryl methyl sites for hydroxylation is 2. The van der Waals surface area contributed by atoms with Gasteiger partial charge in [-0.25, -0.2) is 0 Å². The third-order valence-corrected chi connectivity index (χ3v) is 3.24. The van der Waals surface area contributed by atoms with Crippen molar-refractivity contribution in [2.24, 2.45) is 0 Å². The Labute approximate surface area is 105 Å². The van der Waals surface area contributed by atoms with Crippen LogP contribution in [0.3, 0.4) is 0 Å². The lowest BCUT2D eigenvalue weighted by molar-refractivity contribution is 1.15. The highest BCUT2D eigenvalue weighted by atomic mass is 32.1. The number of thiol groups is 2. The first-order chi connectivity index (χ1) is 7.11. The molecule has 0 radical (unpaired) electrons. The van der Waals surface area contributed by atoms with E-state index in [2.05, 4.69) is 52.1 Å². The van der Waals surface area contributed by atoms with Crippen molar-refractivity contribution in [3.63, 3.8) is 0 Å². The summed E-state index contributed by atoms with van der Waals surface area (Å²) in [6.07, 6.45) is 0. The molecule has 0 aliphatic rings. The summed E-state index contributed by atoms with van der Waals surface area (Å²) in [5.74, 6) is 1.64. The van der Waals surface area contributed by atoms with E-state index in [1.165, 1.54) is 27.8 Å². The van der Waals surface area contributed by atoms with E-state index in [-0.39, 0.29) is 0 Å². The van der Waals surface area contributed by atoms with Crippen LogP contribution in [0.25, 0.3) is 0 Å². The van der Waals surface area contributed by atoms with Gasteiger partial charge in [0.25, 0.3) is 0 Å². The molecule has 2 heteroatoms. The molecule has 0 N–H and O–H groups in total. The van der Waals surface area contributed by atoms with Crippen LogP contribution in [0.4, 0.5) is 0 Å². The molecule has 1 rings (SSSR count). The molecule has 0 saturated heterocycles. The molecule has 0 nitrogen and oxygen atoms in total. The number of hydrogen-bond donors (Lipinski definition) is 2. The molecule has 0 spiro atoms. The van der Waals surface area contributed by atoms with Crippen LogP contribution in [-0.4, -0.2) is 0 Å². The van der Waals surface area contributed by atoms with E-state index in [4.69, 9.17) is 0 Å². The van der Waals surface area contributed by atoms with E-state index < -0.39 is 0 Å². The third-order valence-electron chi connectivity index (χ3n) is 2.61. The smallest absolute Gasteiger partial charge is 0.0159 e. The highest BCUT2D eigenvalue weighted by Crippen LogP contribution is 2.24. The van der Waals surface area contributed by atoms with E-state index in [1.54, 1.807) is 0 Å².